The molecule has 0 aliphatic rings. The Morgan fingerprint density at radius 3 is 2.35 bits per heavy atom. The molecule has 2 N–H and O–H groups in total. The second-order valence-corrected chi connectivity index (χ2v) is 5.45. The molecule has 0 spiro atoms. The normalized spacial score (nSPS) is 12.2. The molecule has 1 rings (SSSR count). The lowest BCUT2D eigenvalue weighted by Gasteiger charge is -2.26. The number of carbonyl (C=O) groups excluding carboxylic acids is 1. The number of amides is 1. The number of nitrogens with zero attached hydrogens (tertiary/aromatic N) is 2. The lowest BCUT2D eigenvalue weighted by atomic mass is 9.98. The minimum absolute atomic E-state index is 0.0267. The summed E-state index contributed by atoms with van der Waals surface area (Å²) in [5.41, 5.74) is 6.97. The van der Waals surface area contributed by atoms with Crippen LogP contribution in [-0.2, 0) is 4.79 Å². The zero-order valence-electron chi connectivity index (χ0n) is 12.4. The minimum atomic E-state index is -0.0267. The summed E-state index contributed by atoms with van der Waals surface area (Å²) < 4.78 is 0. The molecule has 1 aromatic carbocycles. The molecule has 0 saturated heterocycles. The van der Waals surface area contributed by atoms with Crippen LogP contribution in [0.3, 0.4) is 0 Å². The van der Waals surface area contributed by atoms with Crippen LogP contribution >= 0.6 is 12.2 Å². The highest BCUT2D eigenvalue weighted by molar-refractivity contribution is 7.80. The van der Waals surface area contributed by atoms with Gasteiger partial charge >= 0.3 is 0 Å². The summed E-state index contributed by atoms with van der Waals surface area (Å²) in [5, 5.41) is 0. The van der Waals surface area contributed by atoms with Crippen LogP contribution in [0.4, 0.5) is 0 Å². The highest BCUT2D eigenvalue weighted by atomic mass is 32.1. The van der Waals surface area contributed by atoms with E-state index in [4.69, 9.17) is 18.0 Å². The Balaban J connectivity index is 2.79. The third kappa shape index (κ3) is 4.90. The molecule has 0 aromatic heterocycles. The Bertz CT molecular complexity index is 448. The molecule has 5 heteroatoms. The smallest absolute Gasteiger partial charge is 0.236 e. The molecule has 1 aromatic rings. The van der Waals surface area contributed by atoms with Crippen molar-refractivity contribution in [2.75, 3.05) is 33.7 Å². The fraction of sp³-hybridized carbons (Fsp3) is 0.467. The summed E-state index contributed by atoms with van der Waals surface area (Å²) in [5.74, 6) is 0.0581. The van der Waals surface area contributed by atoms with Crippen molar-refractivity contribution in [1.29, 1.82) is 0 Å². The van der Waals surface area contributed by atoms with Gasteiger partial charge in [0.2, 0.25) is 5.91 Å². The van der Waals surface area contributed by atoms with Crippen molar-refractivity contribution in [3.05, 3.63) is 35.9 Å². The van der Waals surface area contributed by atoms with Crippen LogP contribution in [-0.4, -0.2) is 54.4 Å². The molecule has 0 radical (unpaired) electrons. The number of nitrogens with two attached hydrogens (primary N) is 1. The number of hydrogen-bond acceptors (Lipinski definition) is 3. The van der Waals surface area contributed by atoms with Gasteiger partial charge in [-0.15, -0.1) is 0 Å². The molecule has 0 aliphatic carbocycles. The molecule has 0 heterocycles. The Kier molecular flexibility index (Phi) is 6.61. The van der Waals surface area contributed by atoms with Crippen molar-refractivity contribution in [1.82, 2.24) is 9.80 Å². The Labute approximate surface area is 126 Å². The average Bonchev–Trinajstić information content (AvgIpc) is 2.43. The first-order chi connectivity index (χ1) is 9.45. The number of benzene rings is 1. The van der Waals surface area contributed by atoms with Crippen LogP contribution in [0.1, 0.15) is 18.4 Å². The van der Waals surface area contributed by atoms with Crippen molar-refractivity contribution < 1.29 is 4.79 Å². The van der Waals surface area contributed by atoms with Crippen molar-refractivity contribution in [3.63, 3.8) is 0 Å². The summed E-state index contributed by atoms with van der Waals surface area (Å²) in [6.07, 6.45) is 0. The van der Waals surface area contributed by atoms with E-state index < -0.39 is 0 Å². The van der Waals surface area contributed by atoms with Gasteiger partial charge in [-0.25, -0.2) is 0 Å². The van der Waals surface area contributed by atoms with Crippen LogP contribution in [0.15, 0.2) is 30.3 Å². The Hall–Kier alpha value is -1.46. The first kappa shape index (κ1) is 16.6. The molecule has 0 saturated carbocycles. The maximum atomic E-state index is 11.8. The number of likely N-dealkylation sites (N-methyl/N-ethyl adjacent to an activating group) is 2. The van der Waals surface area contributed by atoms with E-state index in [1.165, 1.54) is 0 Å². The Morgan fingerprint density at radius 1 is 1.30 bits per heavy atom. The van der Waals surface area contributed by atoms with Gasteiger partial charge in [0.25, 0.3) is 0 Å². The second-order valence-electron chi connectivity index (χ2n) is 4.98. The predicted octanol–water partition coefficient (Wildman–Crippen LogP) is 1.47. The third-order valence-electron chi connectivity index (χ3n) is 3.29. The van der Waals surface area contributed by atoms with E-state index in [9.17, 15) is 4.79 Å². The fourth-order valence-corrected chi connectivity index (χ4v) is 2.15. The van der Waals surface area contributed by atoms with Gasteiger partial charge in [0.15, 0.2) is 0 Å². The summed E-state index contributed by atoms with van der Waals surface area (Å²) in [7, 11) is 3.52. The first-order valence-corrected chi connectivity index (χ1v) is 7.13. The van der Waals surface area contributed by atoms with Gasteiger partial charge in [0.05, 0.1) is 11.5 Å². The van der Waals surface area contributed by atoms with Crippen LogP contribution < -0.4 is 5.73 Å². The molecular formula is C15H23N3OS. The van der Waals surface area contributed by atoms with Crippen molar-refractivity contribution in [2.24, 2.45) is 5.73 Å². The zero-order chi connectivity index (χ0) is 15.1. The summed E-state index contributed by atoms with van der Waals surface area (Å²) in [6, 6.07) is 9.95. The van der Waals surface area contributed by atoms with Gasteiger partial charge in [-0.1, -0.05) is 49.5 Å². The minimum Gasteiger partial charge on any atom is -0.393 e. The third-order valence-corrected chi connectivity index (χ3v) is 3.58. The lowest BCUT2D eigenvalue weighted by Crippen LogP contribution is -2.40. The SMILES string of the molecule is CCN(CC(=O)N(C)C)CC(C(N)=S)c1ccccc1. The maximum absolute atomic E-state index is 11.8. The summed E-state index contributed by atoms with van der Waals surface area (Å²) >= 11 is 5.19. The van der Waals surface area contributed by atoms with E-state index >= 15 is 0 Å². The van der Waals surface area contributed by atoms with E-state index in [-0.39, 0.29) is 11.8 Å². The number of rotatable bonds is 7. The molecule has 4 nitrogen and oxygen atoms in total. The first-order valence-electron chi connectivity index (χ1n) is 6.72. The molecule has 110 valence electrons. The highest BCUT2D eigenvalue weighted by Crippen LogP contribution is 2.17. The monoisotopic (exact) mass is 293 g/mol. The van der Waals surface area contributed by atoms with Crippen molar-refractivity contribution >= 4 is 23.1 Å². The largest absolute Gasteiger partial charge is 0.393 e. The molecule has 20 heavy (non-hydrogen) atoms. The molecule has 0 aliphatic heterocycles. The van der Waals surface area contributed by atoms with Gasteiger partial charge in [-0.2, -0.15) is 0 Å². The quantitative estimate of drug-likeness (QED) is 0.773. The molecule has 1 unspecified atom stereocenters. The maximum Gasteiger partial charge on any atom is 0.236 e. The lowest BCUT2D eigenvalue weighted by molar-refractivity contribution is -0.129. The molecule has 0 bridgehead atoms. The van der Waals surface area contributed by atoms with Crippen molar-refractivity contribution in [2.45, 2.75) is 12.8 Å². The van der Waals surface area contributed by atoms with Crippen LogP contribution in [0, 0.1) is 0 Å². The molecule has 1 atom stereocenters. The van der Waals surface area contributed by atoms with Crippen LogP contribution in [0.25, 0.3) is 0 Å². The van der Waals surface area contributed by atoms with Gasteiger partial charge < -0.3 is 10.6 Å². The van der Waals surface area contributed by atoms with E-state index in [2.05, 4.69) is 4.90 Å². The van der Waals surface area contributed by atoms with Crippen LogP contribution in [0.5, 0.6) is 0 Å². The number of carbonyl (C=O) groups is 1. The highest BCUT2D eigenvalue weighted by Gasteiger charge is 2.20. The van der Waals surface area contributed by atoms with Gasteiger partial charge in [-0.3, -0.25) is 9.69 Å². The van der Waals surface area contributed by atoms with Gasteiger partial charge in [0.1, 0.15) is 0 Å². The van der Waals surface area contributed by atoms with Gasteiger partial charge in [0, 0.05) is 26.6 Å². The van der Waals surface area contributed by atoms with Crippen molar-refractivity contribution in [3.8, 4) is 0 Å². The molecule has 0 fully saturated rings. The van der Waals surface area contributed by atoms with E-state index in [0.717, 1.165) is 12.1 Å². The van der Waals surface area contributed by atoms with E-state index in [1.807, 2.05) is 37.3 Å². The summed E-state index contributed by atoms with van der Waals surface area (Å²) in [6.45, 7) is 3.86. The average molecular weight is 293 g/mol. The van der Waals surface area contributed by atoms with E-state index in [1.54, 1.807) is 19.0 Å². The topological polar surface area (TPSA) is 49.6 Å². The zero-order valence-corrected chi connectivity index (χ0v) is 13.2. The molecular weight excluding hydrogens is 270 g/mol. The second kappa shape index (κ2) is 7.97. The van der Waals surface area contributed by atoms with Crippen LogP contribution in [0.2, 0.25) is 0 Å². The number of hydrogen-bond donors (Lipinski definition) is 1. The summed E-state index contributed by atoms with van der Waals surface area (Å²) in [4.78, 5) is 16.0. The van der Waals surface area contributed by atoms with Gasteiger partial charge in [-0.05, 0) is 12.1 Å². The predicted molar refractivity (Wildman–Crippen MR) is 86.8 cm³/mol. The standard InChI is InChI=1S/C15H23N3OS/c1-4-18(11-14(19)17(2)3)10-13(15(16)20)12-8-6-5-7-9-12/h5-9,13H,4,10-11H2,1-3H3,(H2,16,20). The molecule has 1 amide bonds. The number of thiocarbonyl (C=S) groups is 1. The Morgan fingerprint density at radius 2 is 1.90 bits per heavy atom. The van der Waals surface area contributed by atoms with E-state index in [0.29, 0.717) is 18.1 Å². The fourth-order valence-electron chi connectivity index (χ4n) is 1.94.